The molecule has 1 N–H and O–H groups in total. The van der Waals surface area contributed by atoms with Gasteiger partial charge < -0.3 is 24.4 Å². The van der Waals surface area contributed by atoms with Crippen LogP contribution < -0.4 is 9.47 Å². The summed E-state index contributed by atoms with van der Waals surface area (Å²) in [6.45, 7) is 3.65. The average molecular weight is 433 g/mol. The number of hydrogen-bond acceptors (Lipinski definition) is 5. The maximum absolute atomic E-state index is 12.7. The smallest absolute Gasteiger partial charge is 0.263 e. The normalized spacial score (nSPS) is 15.3. The Morgan fingerprint density at radius 3 is 2.27 bits per heavy atom. The van der Waals surface area contributed by atoms with Crippen molar-refractivity contribution in [2.24, 2.45) is 0 Å². The Labute approximate surface area is 180 Å². The second-order valence-corrected chi connectivity index (χ2v) is 7.49. The van der Waals surface area contributed by atoms with Crippen LogP contribution in [0.25, 0.3) is 0 Å². The summed E-state index contributed by atoms with van der Waals surface area (Å²) < 4.78 is 11.2. The molecule has 2 aromatic carbocycles. The first kappa shape index (κ1) is 21.8. The van der Waals surface area contributed by atoms with Crippen LogP contribution in [0.1, 0.15) is 13.3 Å². The average Bonchev–Trinajstić information content (AvgIpc) is 3.00. The van der Waals surface area contributed by atoms with E-state index < -0.39 is 6.10 Å². The van der Waals surface area contributed by atoms with E-state index in [2.05, 4.69) is 0 Å². The Hall–Kier alpha value is -2.93. The zero-order valence-electron chi connectivity index (χ0n) is 16.8. The number of nitrogens with zero attached hydrogens (tertiary/aromatic N) is 2. The fraction of sp³-hybridized carbons (Fsp3) is 0.364. The van der Waals surface area contributed by atoms with Gasteiger partial charge in [0.1, 0.15) is 17.2 Å². The van der Waals surface area contributed by atoms with E-state index in [0.717, 1.165) is 0 Å². The molecule has 1 unspecified atom stereocenters. The summed E-state index contributed by atoms with van der Waals surface area (Å²) in [6.07, 6.45) is 0.0229. The van der Waals surface area contributed by atoms with Crippen LogP contribution in [0.5, 0.6) is 17.2 Å². The number of phenolic OH excluding ortho intramolecular Hbond substituents is 1. The molecule has 8 heteroatoms. The predicted octanol–water partition coefficient (Wildman–Crippen LogP) is 2.95. The molecule has 0 saturated carbocycles. The van der Waals surface area contributed by atoms with Crippen LogP contribution >= 0.6 is 11.6 Å². The summed E-state index contributed by atoms with van der Waals surface area (Å²) in [7, 11) is 0. The van der Waals surface area contributed by atoms with Gasteiger partial charge >= 0.3 is 0 Å². The van der Waals surface area contributed by atoms with E-state index in [-0.39, 0.29) is 24.2 Å². The van der Waals surface area contributed by atoms with Gasteiger partial charge in [0.25, 0.3) is 11.8 Å². The number of halogens is 1. The third-order valence-electron chi connectivity index (χ3n) is 4.83. The molecule has 160 valence electrons. The molecule has 1 atom stereocenters. The zero-order valence-corrected chi connectivity index (χ0v) is 17.5. The fourth-order valence-corrected chi connectivity index (χ4v) is 3.32. The van der Waals surface area contributed by atoms with Crippen molar-refractivity contribution >= 4 is 23.4 Å². The largest absolute Gasteiger partial charge is 0.508 e. The van der Waals surface area contributed by atoms with Crippen LogP contribution in [0.4, 0.5) is 0 Å². The van der Waals surface area contributed by atoms with Crippen molar-refractivity contribution < 1.29 is 24.2 Å². The quantitative estimate of drug-likeness (QED) is 0.759. The number of aromatic hydroxyl groups is 1. The zero-order chi connectivity index (χ0) is 21.5. The second kappa shape index (κ2) is 10.2. The van der Waals surface area contributed by atoms with Crippen LogP contribution in [0, 0.1) is 0 Å². The lowest BCUT2D eigenvalue weighted by molar-refractivity contribution is -0.138. The predicted molar refractivity (Wildman–Crippen MR) is 113 cm³/mol. The standard InChI is InChI=1S/C22H25ClN2O5/c1-16(30-20-9-5-18(26)6-10-20)22(28)25-12-2-11-24(13-14-25)21(27)15-29-19-7-3-17(23)4-8-19/h3-10,16,26H,2,11-15H2,1H3. The summed E-state index contributed by atoms with van der Waals surface area (Å²) in [5, 5.41) is 9.95. The van der Waals surface area contributed by atoms with Gasteiger partial charge in [-0.3, -0.25) is 9.59 Å². The first-order chi connectivity index (χ1) is 14.4. The third-order valence-corrected chi connectivity index (χ3v) is 5.09. The molecule has 1 aliphatic heterocycles. The van der Waals surface area contributed by atoms with Gasteiger partial charge in [-0.2, -0.15) is 0 Å². The maximum Gasteiger partial charge on any atom is 0.263 e. The Morgan fingerprint density at radius 1 is 0.967 bits per heavy atom. The number of carbonyl (C=O) groups is 2. The van der Waals surface area contributed by atoms with Crippen LogP contribution in [0.2, 0.25) is 5.02 Å². The highest BCUT2D eigenvalue weighted by molar-refractivity contribution is 6.30. The second-order valence-electron chi connectivity index (χ2n) is 7.06. The van der Waals surface area contributed by atoms with Crippen molar-refractivity contribution in [1.29, 1.82) is 0 Å². The van der Waals surface area contributed by atoms with Gasteiger partial charge in [-0.05, 0) is 61.9 Å². The van der Waals surface area contributed by atoms with Crippen molar-refractivity contribution in [3.8, 4) is 17.2 Å². The molecule has 7 nitrogen and oxygen atoms in total. The van der Waals surface area contributed by atoms with Crippen LogP contribution in [0.3, 0.4) is 0 Å². The molecule has 1 heterocycles. The number of hydrogen-bond donors (Lipinski definition) is 1. The van der Waals surface area contributed by atoms with Gasteiger partial charge in [0.05, 0.1) is 0 Å². The third kappa shape index (κ3) is 6.03. The van der Waals surface area contributed by atoms with E-state index in [9.17, 15) is 14.7 Å². The van der Waals surface area contributed by atoms with Crippen molar-refractivity contribution in [2.75, 3.05) is 32.8 Å². The van der Waals surface area contributed by atoms with E-state index in [1.54, 1.807) is 53.1 Å². The summed E-state index contributed by atoms with van der Waals surface area (Å²) >= 11 is 5.85. The minimum atomic E-state index is -0.662. The fourth-order valence-electron chi connectivity index (χ4n) is 3.19. The number of phenols is 1. The van der Waals surface area contributed by atoms with Crippen molar-refractivity contribution in [2.45, 2.75) is 19.4 Å². The highest BCUT2D eigenvalue weighted by Gasteiger charge is 2.26. The lowest BCUT2D eigenvalue weighted by atomic mass is 10.3. The molecule has 0 aromatic heterocycles. The van der Waals surface area contributed by atoms with E-state index in [1.807, 2.05) is 0 Å². The Morgan fingerprint density at radius 2 is 1.57 bits per heavy atom. The Kier molecular flexibility index (Phi) is 7.41. The molecule has 3 rings (SSSR count). The minimum Gasteiger partial charge on any atom is -0.508 e. The molecule has 0 aliphatic carbocycles. The SMILES string of the molecule is CC(Oc1ccc(O)cc1)C(=O)N1CCCN(C(=O)COc2ccc(Cl)cc2)CC1. The molecule has 0 spiro atoms. The van der Waals surface area contributed by atoms with Gasteiger partial charge in [0.2, 0.25) is 0 Å². The number of carbonyl (C=O) groups excluding carboxylic acids is 2. The molecule has 1 saturated heterocycles. The molecule has 30 heavy (non-hydrogen) atoms. The van der Waals surface area contributed by atoms with Crippen molar-refractivity contribution in [1.82, 2.24) is 9.80 Å². The van der Waals surface area contributed by atoms with Gasteiger partial charge in [-0.1, -0.05) is 11.6 Å². The number of ether oxygens (including phenoxy) is 2. The monoisotopic (exact) mass is 432 g/mol. The van der Waals surface area contributed by atoms with Crippen LogP contribution in [-0.4, -0.2) is 65.6 Å². The summed E-state index contributed by atoms with van der Waals surface area (Å²) in [5.74, 6) is 0.986. The van der Waals surface area contributed by atoms with E-state index in [4.69, 9.17) is 21.1 Å². The highest BCUT2D eigenvalue weighted by atomic mass is 35.5. The first-order valence-electron chi connectivity index (χ1n) is 9.83. The van der Waals surface area contributed by atoms with Crippen LogP contribution in [0.15, 0.2) is 48.5 Å². The number of rotatable bonds is 6. The maximum atomic E-state index is 12.7. The number of benzene rings is 2. The number of amides is 2. The first-order valence-corrected chi connectivity index (χ1v) is 10.2. The molecular formula is C22H25ClN2O5. The van der Waals surface area contributed by atoms with Gasteiger partial charge in [-0.15, -0.1) is 0 Å². The van der Waals surface area contributed by atoms with Crippen molar-refractivity contribution in [3.05, 3.63) is 53.6 Å². The Balaban J connectivity index is 1.48. The Bertz CT molecular complexity index is 857. The van der Waals surface area contributed by atoms with Gasteiger partial charge in [-0.25, -0.2) is 0 Å². The molecule has 0 bridgehead atoms. The van der Waals surface area contributed by atoms with Crippen LogP contribution in [-0.2, 0) is 9.59 Å². The summed E-state index contributed by atoms with van der Waals surface area (Å²) in [6, 6.07) is 13.1. The van der Waals surface area contributed by atoms with E-state index >= 15 is 0 Å². The van der Waals surface area contributed by atoms with E-state index in [1.165, 1.54) is 12.1 Å². The topological polar surface area (TPSA) is 79.3 Å². The lowest BCUT2D eigenvalue weighted by Gasteiger charge is -2.25. The molecule has 2 aromatic rings. The molecule has 1 fully saturated rings. The highest BCUT2D eigenvalue weighted by Crippen LogP contribution is 2.18. The molecular weight excluding hydrogens is 408 g/mol. The van der Waals surface area contributed by atoms with Gasteiger partial charge in [0.15, 0.2) is 12.7 Å². The summed E-state index contributed by atoms with van der Waals surface area (Å²) in [5.41, 5.74) is 0. The molecule has 0 radical (unpaired) electrons. The van der Waals surface area contributed by atoms with Crippen molar-refractivity contribution in [3.63, 3.8) is 0 Å². The van der Waals surface area contributed by atoms with Gasteiger partial charge in [0, 0.05) is 31.2 Å². The minimum absolute atomic E-state index is 0.0596. The lowest BCUT2D eigenvalue weighted by Crippen LogP contribution is -2.43. The molecule has 2 amide bonds. The van der Waals surface area contributed by atoms with E-state index in [0.29, 0.717) is 49.1 Å². The summed E-state index contributed by atoms with van der Waals surface area (Å²) in [4.78, 5) is 28.7. The molecule has 1 aliphatic rings.